The van der Waals surface area contributed by atoms with Gasteiger partial charge in [0.15, 0.2) is 0 Å². The molecule has 0 spiro atoms. The van der Waals surface area contributed by atoms with Gasteiger partial charge >= 0.3 is 0 Å². The number of sulfonamides is 1. The van der Waals surface area contributed by atoms with Crippen LogP contribution in [0.25, 0.3) is 0 Å². The van der Waals surface area contributed by atoms with Gasteiger partial charge in [0.05, 0.1) is 11.5 Å². The summed E-state index contributed by atoms with van der Waals surface area (Å²) >= 11 is 5.84. The molecule has 0 aliphatic carbocycles. The largest absolute Gasteiger partial charge is 0.392 e. The molecule has 0 unspecified atom stereocenters. The van der Waals surface area contributed by atoms with Gasteiger partial charge in [0, 0.05) is 32.3 Å². The quantitative estimate of drug-likeness (QED) is 0.775. The molecule has 0 saturated heterocycles. The lowest BCUT2D eigenvalue weighted by Crippen LogP contribution is -2.28. The highest BCUT2D eigenvalue weighted by atomic mass is 35.5. The zero-order valence-electron chi connectivity index (χ0n) is 11.0. The second kappa shape index (κ2) is 7.21. The van der Waals surface area contributed by atoms with Crippen LogP contribution < -0.4 is 0 Å². The van der Waals surface area contributed by atoms with E-state index in [-0.39, 0.29) is 11.5 Å². The summed E-state index contributed by atoms with van der Waals surface area (Å²) in [6.07, 6.45) is 0.618. The van der Waals surface area contributed by atoms with Crippen LogP contribution in [0.5, 0.6) is 0 Å². The SMILES string of the molecule is COCCCN(C)S(=O)(=O)c1ccc(Cl)c(CO)c1. The Morgan fingerprint density at radius 1 is 1.42 bits per heavy atom. The van der Waals surface area contributed by atoms with Crippen molar-refractivity contribution < 1.29 is 18.3 Å². The van der Waals surface area contributed by atoms with Crippen LogP contribution in [0.4, 0.5) is 0 Å². The van der Waals surface area contributed by atoms with E-state index in [0.717, 1.165) is 0 Å². The summed E-state index contributed by atoms with van der Waals surface area (Å²) in [4.78, 5) is 0.126. The Morgan fingerprint density at radius 2 is 2.11 bits per heavy atom. The zero-order chi connectivity index (χ0) is 14.5. The number of hydrogen-bond acceptors (Lipinski definition) is 4. The first-order valence-corrected chi connectivity index (χ1v) is 7.60. The lowest BCUT2D eigenvalue weighted by atomic mass is 10.2. The van der Waals surface area contributed by atoms with Crippen molar-refractivity contribution in [1.82, 2.24) is 4.31 Å². The minimum atomic E-state index is -3.56. The molecule has 7 heteroatoms. The van der Waals surface area contributed by atoms with E-state index in [1.807, 2.05) is 0 Å². The van der Waals surface area contributed by atoms with Crippen molar-refractivity contribution in [3.05, 3.63) is 28.8 Å². The Hall–Kier alpha value is -0.660. The van der Waals surface area contributed by atoms with Crippen molar-refractivity contribution in [1.29, 1.82) is 0 Å². The Bertz CT molecular complexity index is 518. The van der Waals surface area contributed by atoms with Crippen LogP contribution in [0, 0.1) is 0 Å². The van der Waals surface area contributed by atoms with E-state index in [9.17, 15) is 8.42 Å². The normalized spacial score (nSPS) is 12.1. The highest BCUT2D eigenvalue weighted by Crippen LogP contribution is 2.22. The molecular formula is C12H18ClNO4S. The van der Waals surface area contributed by atoms with Gasteiger partial charge in [-0.1, -0.05) is 11.6 Å². The molecule has 108 valence electrons. The Labute approximate surface area is 118 Å². The zero-order valence-corrected chi connectivity index (χ0v) is 12.5. The third-order valence-electron chi connectivity index (χ3n) is 2.72. The minimum Gasteiger partial charge on any atom is -0.392 e. The molecule has 0 radical (unpaired) electrons. The van der Waals surface area contributed by atoms with Crippen LogP contribution in [0.2, 0.25) is 5.02 Å². The molecule has 5 nitrogen and oxygen atoms in total. The molecule has 0 fully saturated rings. The van der Waals surface area contributed by atoms with Gasteiger partial charge in [-0.15, -0.1) is 0 Å². The molecule has 0 saturated carbocycles. The molecule has 1 rings (SSSR count). The van der Waals surface area contributed by atoms with E-state index in [0.29, 0.717) is 30.2 Å². The maximum absolute atomic E-state index is 12.3. The Kier molecular flexibility index (Phi) is 6.22. The predicted octanol–water partition coefficient (Wildman–Crippen LogP) is 1.49. The summed E-state index contributed by atoms with van der Waals surface area (Å²) in [6, 6.07) is 4.30. The molecule has 0 heterocycles. The van der Waals surface area contributed by atoms with Gasteiger partial charge in [0.25, 0.3) is 0 Å². The Balaban J connectivity index is 2.93. The number of nitrogens with zero attached hydrogens (tertiary/aromatic N) is 1. The van der Waals surface area contributed by atoms with Gasteiger partial charge < -0.3 is 9.84 Å². The number of aliphatic hydroxyl groups is 1. The summed E-state index contributed by atoms with van der Waals surface area (Å²) in [7, 11) is -0.478. The van der Waals surface area contributed by atoms with Gasteiger partial charge in [-0.25, -0.2) is 12.7 Å². The van der Waals surface area contributed by atoms with Crippen LogP contribution in [-0.2, 0) is 21.4 Å². The van der Waals surface area contributed by atoms with Gasteiger partial charge in [0.2, 0.25) is 10.0 Å². The van der Waals surface area contributed by atoms with Crippen molar-refractivity contribution in [2.75, 3.05) is 27.3 Å². The van der Waals surface area contributed by atoms with E-state index in [1.165, 1.54) is 29.6 Å². The number of hydrogen-bond donors (Lipinski definition) is 1. The molecule has 0 aliphatic heterocycles. The summed E-state index contributed by atoms with van der Waals surface area (Å²) in [5.41, 5.74) is 0.396. The predicted molar refractivity (Wildman–Crippen MR) is 73.7 cm³/mol. The average Bonchev–Trinajstić information content (AvgIpc) is 2.39. The van der Waals surface area contributed by atoms with Crippen molar-refractivity contribution in [3.8, 4) is 0 Å². The molecule has 0 aromatic heterocycles. The molecule has 1 N–H and O–H groups in total. The highest BCUT2D eigenvalue weighted by Gasteiger charge is 2.21. The first-order valence-electron chi connectivity index (χ1n) is 5.78. The van der Waals surface area contributed by atoms with Crippen molar-refractivity contribution in [2.24, 2.45) is 0 Å². The summed E-state index contributed by atoms with van der Waals surface area (Å²) in [6.45, 7) is 0.575. The highest BCUT2D eigenvalue weighted by molar-refractivity contribution is 7.89. The number of methoxy groups -OCH3 is 1. The van der Waals surface area contributed by atoms with E-state index in [1.54, 1.807) is 7.11 Å². The smallest absolute Gasteiger partial charge is 0.242 e. The van der Waals surface area contributed by atoms with Crippen molar-refractivity contribution >= 4 is 21.6 Å². The molecule has 19 heavy (non-hydrogen) atoms. The summed E-state index contributed by atoms with van der Waals surface area (Å²) in [5.74, 6) is 0. The number of halogens is 1. The molecule has 0 atom stereocenters. The fourth-order valence-corrected chi connectivity index (χ4v) is 3.00. The number of aliphatic hydroxyl groups excluding tert-OH is 1. The van der Waals surface area contributed by atoms with Crippen LogP contribution in [0.15, 0.2) is 23.1 Å². The van der Waals surface area contributed by atoms with Crippen LogP contribution in [-0.4, -0.2) is 45.1 Å². The molecule has 0 bridgehead atoms. The van der Waals surface area contributed by atoms with Crippen LogP contribution >= 0.6 is 11.6 Å². The van der Waals surface area contributed by atoms with Crippen LogP contribution in [0.1, 0.15) is 12.0 Å². The van der Waals surface area contributed by atoms with Gasteiger partial charge in [-0.3, -0.25) is 0 Å². The summed E-state index contributed by atoms with van der Waals surface area (Å²) < 4.78 is 30.7. The lowest BCUT2D eigenvalue weighted by Gasteiger charge is -2.17. The van der Waals surface area contributed by atoms with Crippen molar-refractivity contribution in [2.45, 2.75) is 17.9 Å². The minimum absolute atomic E-state index is 0.126. The van der Waals surface area contributed by atoms with Crippen molar-refractivity contribution in [3.63, 3.8) is 0 Å². The number of ether oxygens (including phenoxy) is 1. The molecule has 0 amide bonds. The van der Waals surface area contributed by atoms with E-state index >= 15 is 0 Å². The van der Waals surface area contributed by atoms with Gasteiger partial charge in [-0.05, 0) is 30.2 Å². The second-order valence-corrected chi connectivity index (χ2v) is 6.54. The average molecular weight is 308 g/mol. The maximum atomic E-state index is 12.3. The maximum Gasteiger partial charge on any atom is 0.242 e. The molecular weight excluding hydrogens is 290 g/mol. The molecule has 1 aromatic rings. The first-order chi connectivity index (χ1) is 8.93. The van der Waals surface area contributed by atoms with Gasteiger partial charge in [-0.2, -0.15) is 0 Å². The monoisotopic (exact) mass is 307 g/mol. The second-order valence-electron chi connectivity index (χ2n) is 4.08. The standard InChI is InChI=1S/C12H18ClNO4S/c1-14(6-3-7-18-2)19(16,17)11-4-5-12(13)10(8-11)9-15/h4-5,8,15H,3,6-7,9H2,1-2H3. The van der Waals surface area contributed by atoms with E-state index in [4.69, 9.17) is 21.4 Å². The topological polar surface area (TPSA) is 66.8 Å². The van der Waals surface area contributed by atoms with Crippen LogP contribution in [0.3, 0.4) is 0 Å². The van der Waals surface area contributed by atoms with E-state index in [2.05, 4.69) is 0 Å². The fourth-order valence-electron chi connectivity index (χ4n) is 1.56. The molecule has 0 aliphatic rings. The summed E-state index contributed by atoms with van der Waals surface area (Å²) in [5, 5.41) is 9.46. The van der Waals surface area contributed by atoms with E-state index < -0.39 is 10.0 Å². The Morgan fingerprint density at radius 3 is 2.68 bits per heavy atom. The third kappa shape index (κ3) is 4.15. The molecule has 1 aromatic carbocycles. The first kappa shape index (κ1) is 16.4. The van der Waals surface area contributed by atoms with Gasteiger partial charge in [0.1, 0.15) is 0 Å². The number of rotatable bonds is 7. The fraction of sp³-hybridized carbons (Fsp3) is 0.500. The number of benzene rings is 1. The third-order valence-corrected chi connectivity index (χ3v) is 4.94. The lowest BCUT2D eigenvalue weighted by molar-refractivity contribution is 0.189.